The highest BCUT2D eigenvalue weighted by Crippen LogP contribution is 2.15. The van der Waals surface area contributed by atoms with Crippen LogP contribution in [0.5, 0.6) is 0 Å². The molecular formula is C13H9FN2O. The minimum Gasteiger partial charge on any atom is -0.305 e. The van der Waals surface area contributed by atoms with Gasteiger partial charge in [-0.15, -0.1) is 0 Å². The molecule has 0 amide bonds. The van der Waals surface area contributed by atoms with Crippen LogP contribution in [-0.2, 0) is 0 Å². The number of H-pyrrole nitrogens is 1. The van der Waals surface area contributed by atoms with Gasteiger partial charge in [-0.2, -0.15) is 0 Å². The lowest BCUT2D eigenvalue weighted by molar-refractivity contribution is 0.626. The van der Waals surface area contributed by atoms with Crippen molar-refractivity contribution in [2.24, 2.45) is 0 Å². The predicted octanol–water partition coefficient (Wildman–Crippen LogP) is 2.46. The molecule has 0 unspecified atom stereocenters. The van der Waals surface area contributed by atoms with Crippen LogP contribution >= 0.6 is 0 Å². The average molecular weight is 228 g/mol. The fourth-order valence-electron chi connectivity index (χ4n) is 1.93. The molecule has 84 valence electrons. The smallest absolute Gasteiger partial charge is 0.305 e. The van der Waals surface area contributed by atoms with Crippen molar-refractivity contribution in [1.82, 2.24) is 9.55 Å². The van der Waals surface area contributed by atoms with Crippen molar-refractivity contribution in [2.75, 3.05) is 0 Å². The summed E-state index contributed by atoms with van der Waals surface area (Å²) in [5, 5.41) is 0. The number of aromatic nitrogens is 2. The van der Waals surface area contributed by atoms with Gasteiger partial charge in [0.1, 0.15) is 5.82 Å². The molecular weight excluding hydrogens is 219 g/mol. The number of fused-ring (bicyclic) bond motifs is 1. The summed E-state index contributed by atoms with van der Waals surface area (Å²) in [4.78, 5) is 14.6. The molecule has 0 spiro atoms. The van der Waals surface area contributed by atoms with Crippen molar-refractivity contribution in [3.05, 3.63) is 64.8 Å². The van der Waals surface area contributed by atoms with Crippen molar-refractivity contribution in [1.29, 1.82) is 0 Å². The van der Waals surface area contributed by atoms with Gasteiger partial charge in [0.25, 0.3) is 0 Å². The van der Waals surface area contributed by atoms with Gasteiger partial charge in [0, 0.05) is 0 Å². The van der Waals surface area contributed by atoms with Crippen LogP contribution in [0.25, 0.3) is 16.7 Å². The molecule has 3 nitrogen and oxygen atoms in total. The minimum atomic E-state index is -0.361. The van der Waals surface area contributed by atoms with Gasteiger partial charge in [-0.1, -0.05) is 18.2 Å². The van der Waals surface area contributed by atoms with Gasteiger partial charge in [0.05, 0.1) is 16.7 Å². The SMILES string of the molecule is O=c1[nH]c2ccccc2n1-c1cccc(F)c1. The summed E-state index contributed by atoms with van der Waals surface area (Å²) in [5.74, 6) is -0.361. The normalized spacial score (nSPS) is 10.9. The number of nitrogens with zero attached hydrogens (tertiary/aromatic N) is 1. The standard InChI is InChI=1S/C13H9FN2O/c14-9-4-3-5-10(8-9)16-12-7-2-1-6-11(12)15-13(16)17/h1-8H,(H,15,17). The van der Waals surface area contributed by atoms with Crippen LogP contribution in [0.3, 0.4) is 0 Å². The molecule has 0 aliphatic rings. The average Bonchev–Trinajstić information content (AvgIpc) is 2.64. The molecule has 0 aliphatic carbocycles. The highest BCUT2D eigenvalue weighted by Gasteiger charge is 2.07. The molecule has 0 saturated carbocycles. The summed E-state index contributed by atoms with van der Waals surface area (Å²) in [6.07, 6.45) is 0. The van der Waals surface area contributed by atoms with Crippen LogP contribution in [0.4, 0.5) is 4.39 Å². The van der Waals surface area contributed by atoms with Crippen LogP contribution in [0.1, 0.15) is 0 Å². The highest BCUT2D eigenvalue weighted by atomic mass is 19.1. The number of halogens is 1. The van der Waals surface area contributed by atoms with Crippen LogP contribution in [0.15, 0.2) is 53.3 Å². The molecule has 4 heteroatoms. The van der Waals surface area contributed by atoms with E-state index in [0.717, 1.165) is 11.0 Å². The number of nitrogens with one attached hydrogen (secondary N) is 1. The maximum Gasteiger partial charge on any atom is 0.331 e. The van der Waals surface area contributed by atoms with Gasteiger partial charge in [0.2, 0.25) is 0 Å². The van der Waals surface area contributed by atoms with E-state index in [1.807, 2.05) is 24.3 Å². The summed E-state index contributed by atoms with van der Waals surface area (Å²) in [6.45, 7) is 0. The predicted molar refractivity (Wildman–Crippen MR) is 63.9 cm³/mol. The summed E-state index contributed by atoms with van der Waals surface area (Å²) in [6, 6.07) is 13.3. The number of rotatable bonds is 1. The third-order valence-corrected chi connectivity index (χ3v) is 2.66. The quantitative estimate of drug-likeness (QED) is 0.682. The number of benzene rings is 2. The summed E-state index contributed by atoms with van der Waals surface area (Å²) >= 11 is 0. The first kappa shape index (κ1) is 9.84. The number of hydrogen-bond donors (Lipinski definition) is 1. The molecule has 3 aromatic rings. The van der Waals surface area contributed by atoms with E-state index in [1.54, 1.807) is 12.1 Å². The van der Waals surface area contributed by atoms with E-state index in [4.69, 9.17) is 0 Å². The maximum atomic E-state index is 13.2. The van der Waals surface area contributed by atoms with E-state index < -0.39 is 0 Å². The fraction of sp³-hybridized carbons (Fsp3) is 0. The second kappa shape index (κ2) is 3.59. The number of hydrogen-bond acceptors (Lipinski definition) is 1. The maximum absolute atomic E-state index is 13.2. The van der Waals surface area contributed by atoms with Crippen molar-refractivity contribution in [2.45, 2.75) is 0 Å². The Balaban J connectivity index is 2.37. The van der Waals surface area contributed by atoms with Gasteiger partial charge < -0.3 is 4.98 Å². The Hall–Kier alpha value is -2.36. The molecule has 0 radical (unpaired) electrons. The van der Waals surface area contributed by atoms with E-state index in [-0.39, 0.29) is 11.5 Å². The van der Waals surface area contributed by atoms with E-state index in [0.29, 0.717) is 5.69 Å². The Morgan fingerprint density at radius 2 is 1.88 bits per heavy atom. The van der Waals surface area contributed by atoms with Crippen LogP contribution < -0.4 is 5.69 Å². The molecule has 0 fully saturated rings. The zero-order valence-electron chi connectivity index (χ0n) is 8.85. The lowest BCUT2D eigenvalue weighted by atomic mass is 10.3. The van der Waals surface area contributed by atoms with Crippen LogP contribution in [-0.4, -0.2) is 9.55 Å². The largest absolute Gasteiger partial charge is 0.331 e. The first-order chi connectivity index (χ1) is 8.25. The van der Waals surface area contributed by atoms with Gasteiger partial charge in [0.15, 0.2) is 0 Å². The summed E-state index contributed by atoms with van der Waals surface area (Å²) in [7, 11) is 0. The third-order valence-electron chi connectivity index (χ3n) is 2.66. The number of para-hydroxylation sites is 2. The third kappa shape index (κ3) is 1.54. The van der Waals surface area contributed by atoms with Gasteiger partial charge in [-0.05, 0) is 30.3 Å². The van der Waals surface area contributed by atoms with Crippen molar-refractivity contribution in [3.8, 4) is 5.69 Å². The number of imidazole rings is 1. The second-order valence-electron chi connectivity index (χ2n) is 3.76. The van der Waals surface area contributed by atoms with Crippen molar-refractivity contribution >= 4 is 11.0 Å². The van der Waals surface area contributed by atoms with E-state index in [2.05, 4.69) is 4.98 Å². The Morgan fingerprint density at radius 3 is 2.71 bits per heavy atom. The number of aromatic amines is 1. The molecule has 0 bridgehead atoms. The van der Waals surface area contributed by atoms with Crippen LogP contribution in [0.2, 0.25) is 0 Å². The Bertz CT molecular complexity index is 742. The Morgan fingerprint density at radius 1 is 1.06 bits per heavy atom. The van der Waals surface area contributed by atoms with E-state index in [9.17, 15) is 9.18 Å². The first-order valence-electron chi connectivity index (χ1n) is 5.21. The van der Waals surface area contributed by atoms with Gasteiger partial charge >= 0.3 is 5.69 Å². The molecule has 1 N–H and O–H groups in total. The van der Waals surface area contributed by atoms with Gasteiger partial charge in [-0.25, -0.2) is 9.18 Å². The molecule has 0 atom stereocenters. The summed E-state index contributed by atoms with van der Waals surface area (Å²) in [5.41, 5.74) is 1.73. The van der Waals surface area contributed by atoms with Gasteiger partial charge in [-0.3, -0.25) is 4.57 Å². The molecule has 1 heterocycles. The lowest BCUT2D eigenvalue weighted by Gasteiger charge is -2.02. The fourth-order valence-corrected chi connectivity index (χ4v) is 1.93. The molecule has 17 heavy (non-hydrogen) atoms. The highest BCUT2D eigenvalue weighted by molar-refractivity contribution is 5.77. The molecule has 2 aromatic carbocycles. The van der Waals surface area contributed by atoms with E-state index >= 15 is 0 Å². The topological polar surface area (TPSA) is 37.8 Å². The Labute approximate surface area is 96.1 Å². The van der Waals surface area contributed by atoms with Crippen LogP contribution in [0, 0.1) is 5.82 Å². The monoisotopic (exact) mass is 228 g/mol. The molecule has 1 aromatic heterocycles. The zero-order chi connectivity index (χ0) is 11.8. The molecule has 0 saturated heterocycles. The molecule has 3 rings (SSSR count). The second-order valence-corrected chi connectivity index (χ2v) is 3.76. The van der Waals surface area contributed by atoms with Crippen molar-refractivity contribution in [3.63, 3.8) is 0 Å². The van der Waals surface area contributed by atoms with Crippen molar-refractivity contribution < 1.29 is 4.39 Å². The minimum absolute atomic E-state index is 0.267. The lowest BCUT2D eigenvalue weighted by Crippen LogP contribution is -2.14. The first-order valence-corrected chi connectivity index (χ1v) is 5.21. The molecule has 0 aliphatic heterocycles. The summed E-state index contributed by atoms with van der Waals surface area (Å²) < 4.78 is 14.6. The Kier molecular flexibility index (Phi) is 2.08. The zero-order valence-corrected chi connectivity index (χ0v) is 8.85. The van der Waals surface area contributed by atoms with E-state index in [1.165, 1.54) is 16.7 Å².